The van der Waals surface area contributed by atoms with Gasteiger partial charge in [-0.1, -0.05) is 36.4 Å². The van der Waals surface area contributed by atoms with Gasteiger partial charge in [0.2, 0.25) is 0 Å². The second kappa shape index (κ2) is 6.74. The number of hydrogen-bond acceptors (Lipinski definition) is 6. The molecule has 8 heteroatoms. The fourth-order valence-electron chi connectivity index (χ4n) is 3.87. The Kier molecular flexibility index (Phi) is 4.01. The maximum absolute atomic E-state index is 13.0. The fraction of sp³-hybridized carbons (Fsp3) is 0. The molecule has 0 aromatic heterocycles. The van der Waals surface area contributed by atoms with Gasteiger partial charge in [-0.15, -0.1) is 0 Å². The van der Waals surface area contributed by atoms with Crippen LogP contribution < -0.4 is 0 Å². The number of phenolic OH excluding ortho intramolecular Hbond substituents is 1. The number of fused-ring (bicyclic) bond motifs is 1. The minimum Gasteiger partial charge on any atom is -0.507 e. The highest BCUT2D eigenvalue weighted by Gasteiger charge is 2.34. The summed E-state index contributed by atoms with van der Waals surface area (Å²) in [6, 6.07) is 17.7. The molecule has 1 aliphatic heterocycles. The first-order chi connectivity index (χ1) is 15.0. The SMILES string of the molecule is O=C1c2cccc3c([N+](=O)[O-])ccc(c23)C(=O)N1/N=C/c1c(O)ccc2ccccc12. The zero-order chi connectivity index (χ0) is 21.7. The highest BCUT2D eigenvalue weighted by Crippen LogP contribution is 2.35. The Bertz CT molecular complexity index is 1450. The lowest BCUT2D eigenvalue weighted by molar-refractivity contribution is -0.383. The quantitative estimate of drug-likeness (QED) is 0.234. The van der Waals surface area contributed by atoms with Gasteiger partial charge in [-0.2, -0.15) is 10.1 Å². The van der Waals surface area contributed by atoms with Crippen LogP contribution in [-0.4, -0.2) is 33.1 Å². The summed E-state index contributed by atoms with van der Waals surface area (Å²) in [7, 11) is 0. The molecule has 5 rings (SSSR count). The van der Waals surface area contributed by atoms with Crippen LogP contribution in [0.25, 0.3) is 21.5 Å². The van der Waals surface area contributed by atoms with Gasteiger partial charge in [0.05, 0.1) is 27.7 Å². The fourth-order valence-corrected chi connectivity index (χ4v) is 3.87. The van der Waals surface area contributed by atoms with E-state index in [0.717, 1.165) is 5.39 Å². The predicted molar refractivity (Wildman–Crippen MR) is 114 cm³/mol. The summed E-state index contributed by atoms with van der Waals surface area (Å²) in [4.78, 5) is 36.8. The third-order valence-electron chi connectivity index (χ3n) is 5.31. The van der Waals surface area contributed by atoms with Gasteiger partial charge in [-0.3, -0.25) is 19.7 Å². The summed E-state index contributed by atoms with van der Waals surface area (Å²) < 4.78 is 0. The third kappa shape index (κ3) is 2.73. The molecule has 4 aromatic rings. The number of amides is 2. The number of rotatable bonds is 3. The van der Waals surface area contributed by atoms with Crippen LogP contribution in [0.2, 0.25) is 0 Å². The summed E-state index contributed by atoms with van der Waals surface area (Å²) in [6.07, 6.45) is 1.27. The van der Waals surface area contributed by atoms with E-state index < -0.39 is 16.7 Å². The van der Waals surface area contributed by atoms with E-state index in [1.807, 2.05) is 12.1 Å². The molecule has 8 nitrogen and oxygen atoms in total. The van der Waals surface area contributed by atoms with Crippen molar-refractivity contribution < 1.29 is 19.6 Å². The predicted octanol–water partition coefficient (Wildman–Crippen LogP) is 4.24. The highest BCUT2D eigenvalue weighted by molar-refractivity contribution is 6.26. The van der Waals surface area contributed by atoms with Gasteiger partial charge in [-0.25, -0.2) is 0 Å². The topological polar surface area (TPSA) is 113 Å². The number of non-ortho nitro benzene ring substituents is 1. The van der Waals surface area contributed by atoms with Crippen molar-refractivity contribution in [3.8, 4) is 5.75 Å². The molecule has 1 aliphatic rings. The third-order valence-corrected chi connectivity index (χ3v) is 5.31. The molecule has 0 atom stereocenters. The number of phenols is 1. The second-order valence-electron chi connectivity index (χ2n) is 7.00. The lowest BCUT2D eigenvalue weighted by Crippen LogP contribution is -2.36. The molecular weight excluding hydrogens is 398 g/mol. The van der Waals surface area contributed by atoms with E-state index in [4.69, 9.17) is 0 Å². The average molecular weight is 411 g/mol. The molecule has 0 aliphatic carbocycles. The van der Waals surface area contributed by atoms with Crippen LogP contribution in [-0.2, 0) is 0 Å². The number of hydrazone groups is 1. The van der Waals surface area contributed by atoms with Crippen molar-refractivity contribution in [3.63, 3.8) is 0 Å². The van der Waals surface area contributed by atoms with E-state index in [-0.39, 0.29) is 33.3 Å². The summed E-state index contributed by atoms with van der Waals surface area (Å²) in [5.74, 6) is -1.43. The first-order valence-electron chi connectivity index (χ1n) is 9.31. The van der Waals surface area contributed by atoms with Crippen molar-refractivity contribution in [2.24, 2.45) is 5.10 Å². The number of nitrogens with zero attached hydrogens (tertiary/aromatic N) is 3. The maximum Gasteiger partial charge on any atom is 0.282 e. The standard InChI is InChI=1S/C23H13N3O5/c27-20-11-8-13-4-1-2-5-14(13)18(20)12-24-25-22(28)16-7-3-6-15-19(26(30)31)10-9-17(21(15)16)23(25)29/h1-12,27H/b24-12+. The number of carbonyl (C=O) groups excluding carboxylic acids is 2. The number of imide groups is 1. The summed E-state index contributed by atoms with van der Waals surface area (Å²) in [6.45, 7) is 0. The molecule has 1 heterocycles. The number of aromatic hydroxyl groups is 1. The van der Waals surface area contributed by atoms with E-state index in [2.05, 4.69) is 5.10 Å². The molecule has 4 aromatic carbocycles. The molecule has 2 amide bonds. The lowest BCUT2D eigenvalue weighted by Gasteiger charge is -2.23. The van der Waals surface area contributed by atoms with Crippen molar-refractivity contribution in [3.05, 3.63) is 93.5 Å². The largest absolute Gasteiger partial charge is 0.507 e. The van der Waals surface area contributed by atoms with E-state index in [9.17, 15) is 24.8 Å². The van der Waals surface area contributed by atoms with Crippen LogP contribution in [0, 0.1) is 10.1 Å². The Morgan fingerprint density at radius 2 is 1.58 bits per heavy atom. The second-order valence-corrected chi connectivity index (χ2v) is 7.00. The minimum absolute atomic E-state index is 0.0440. The van der Waals surface area contributed by atoms with Crippen molar-refractivity contribution in [1.82, 2.24) is 5.01 Å². The average Bonchev–Trinajstić information content (AvgIpc) is 2.78. The zero-order valence-corrected chi connectivity index (χ0v) is 15.9. The van der Waals surface area contributed by atoms with Crippen molar-refractivity contribution in [2.75, 3.05) is 0 Å². The first-order valence-corrected chi connectivity index (χ1v) is 9.31. The summed E-state index contributed by atoms with van der Waals surface area (Å²) >= 11 is 0. The van der Waals surface area contributed by atoms with Crippen LogP contribution in [0.3, 0.4) is 0 Å². The number of benzene rings is 4. The first kappa shape index (κ1) is 18.4. The maximum atomic E-state index is 13.0. The number of hydrogen-bond donors (Lipinski definition) is 1. The van der Waals surface area contributed by atoms with Gasteiger partial charge in [0, 0.05) is 17.0 Å². The highest BCUT2D eigenvalue weighted by atomic mass is 16.6. The van der Waals surface area contributed by atoms with E-state index in [1.165, 1.54) is 42.6 Å². The van der Waals surface area contributed by atoms with Crippen LogP contribution in [0.15, 0.2) is 71.8 Å². The smallest absolute Gasteiger partial charge is 0.282 e. The van der Waals surface area contributed by atoms with E-state index in [1.54, 1.807) is 18.2 Å². The van der Waals surface area contributed by atoms with Gasteiger partial charge in [-0.05, 0) is 35.0 Å². The van der Waals surface area contributed by atoms with Crippen LogP contribution >= 0.6 is 0 Å². The summed E-state index contributed by atoms with van der Waals surface area (Å²) in [5, 5.41) is 28.5. The van der Waals surface area contributed by atoms with Crippen LogP contribution in [0.1, 0.15) is 26.3 Å². The van der Waals surface area contributed by atoms with Gasteiger partial charge in [0.15, 0.2) is 0 Å². The van der Waals surface area contributed by atoms with Crippen LogP contribution in [0.4, 0.5) is 5.69 Å². The molecule has 1 N–H and O–H groups in total. The molecule has 31 heavy (non-hydrogen) atoms. The van der Waals surface area contributed by atoms with Gasteiger partial charge >= 0.3 is 0 Å². The van der Waals surface area contributed by atoms with Crippen LogP contribution in [0.5, 0.6) is 5.75 Å². The number of nitro benzene ring substituents is 1. The number of carbonyl (C=O) groups is 2. The zero-order valence-electron chi connectivity index (χ0n) is 15.9. The van der Waals surface area contributed by atoms with Gasteiger partial charge < -0.3 is 5.11 Å². The molecule has 0 radical (unpaired) electrons. The Balaban J connectivity index is 1.64. The molecule has 0 spiro atoms. The minimum atomic E-state index is -0.695. The Hall–Kier alpha value is -4.59. The Morgan fingerprint density at radius 3 is 2.35 bits per heavy atom. The van der Waals surface area contributed by atoms with Gasteiger partial charge in [0.1, 0.15) is 5.75 Å². The number of nitro groups is 1. The van der Waals surface area contributed by atoms with E-state index in [0.29, 0.717) is 16.0 Å². The molecule has 150 valence electrons. The molecular formula is C23H13N3O5. The van der Waals surface area contributed by atoms with Crippen molar-refractivity contribution in [1.29, 1.82) is 0 Å². The normalized spacial score (nSPS) is 13.5. The molecule has 0 saturated heterocycles. The van der Waals surface area contributed by atoms with Crippen molar-refractivity contribution in [2.45, 2.75) is 0 Å². The molecule has 0 bridgehead atoms. The van der Waals surface area contributed by atoms with E-state index >= 15 is 0 Å². The summed E-state index contributed by atoms with van der Waals surface area (Å²) in [5.41, 5.74) is 0.482. The molecule has 0 unspecified atom stereocenters. The van der Waals surface area contributed by atoms with Crippen molar-refractivity contribution >= 4 is 45.3 Å². The molecule has 0 fully saturated rings. The van der Waals surface area contributed by atoms with Gasteiger partial charge in [0.25, 0.3) is 17.5 Å². The lowest BCUT2D eigenvalue weighted by atomic mass is 9.94. The monoisotopic (exact) mass is 411 g/mol. The Morgan fingerprint density at radius 1 is 0.871 bits per heavy atom. The molecule has 0 saturated carbocycles. The Labute approximate surface area is 174 Å².